The van der Waals surface area contributed by atoms with Crippen molar-refractivity contribution < 1.29 is 4.39 Å². The quantitative estimate of drug-likeness (QED) is 0.760. The van der Waals surface area contributed by atoms with Gasteiger partial charge in [0.1, 0.15) is 5.82 Å². The van der Waals surface area contributed by atoms with Crippen LogP contribution in [0.5, 0.6) is 0 Å². The number of hydrogen-bond donors (Lipinski definition) is 0. The third-order valence-corrected chi connectivity index (χ3v) is 3.65. The largest absolute Gasteiger partial charge is 0.205 e. The molecule has 84 valence electrons. The highest BCUT2D eigenvalue weighted by molar-refractivity contribution is 6.30. The highest BCUT2D eigenvalue weighted by atomic mass is 35.5. The van der Waals surface area contributed by atoms with Gasteiger partial charge in [-0.05, 0) is 30.9 Å². The molecule has 0 amide bonds. The first-order valence-corrected chi connectivity index (χ1v) is 5.89. The molecule has 0 bridgehead atoms. The zero-order chi connectivity index (χ0) is 11.6. The van der Waals surface area contributed by atoms with Gasteiger partial charge in [0.2, 0.25) is 0 Å². The Morgan fingerprint density at radius 2 is 2.06 bits per heavy atom. The van der Waals surface area contributed by atoms with Crippen LogP contribution in [0.15, 0.2) is 18.2 Å². The molecule has 1 saturated carbocycles. The smallest absolute Gasteiger partial charge is 0.145 e. The summed E-state index contributed by atoms with van der Waals surface area (Å²) in [6, 6.07) is 7.36. The molecule has 1 aromatic carbocycles. The van der Waals surface area contributed by atoms with Crippen molar-refractivity contribution >= 4 is 11.6 Å². The molecule has 0 radical (unpaired) electrons. The van der Waals surface area contributed by atoms with Gasteiger partial charge in [-0.3, -0.25) is 0 Å². The van der Waals surface area contributed by atoms with E-state index in [1.807, 2.05) is 0 Å². The first-order chi connectivity index (χ1) is 7.67. The molecule has 0 heterocycles. The average Bonchev–Trinajstić information content (AvgIpc) is 2.74. The van der Waals surface area contributed by atoms with Crippen LogP contribution in [0.4, 0.5) is 4.39 Å². The van der Waals surface area contributed by atoms with Crippen LogP contribution in [0.25, 0.3) is 0 Å². The van der Waals surface area contributed by atoms with E-state index >= 15 is 0 Å². The maximum absolute atomic E-state index is 13.7. The molecular formula is C13H13ClFN. The molecule has 0 N–H and O–H groups in total. The number of halogens is 2. The fourth-order valence-corrected chi connectivity index (χ4v) is 2.62. The SMILES string of the molecule is N#CC1(Cc2cccc(Cl)c2F)CCCC1. The summed E-state index contributed by atoms with van der Waals surface area (Å²) in [5.74, 6) is -0.370. The van der Waals surface area contributed by atoms with Gasteiger partial charge in [-0.1, -0.05) is 36.6 Å². The maximum atomic E-state index is 13.7. The number of rotatable bonds is 2. The van der Waals surface area contributed by atoms with Gasteiger partial charge in [0.05, 0.1) is 16.5 Å². The van der Waals surface area contributed by atoms with Crippen LogP contribution >= 0.6 is 11.6 Å². The first-order valence-electron chi connectivity index (χ1n) is 5.51. The van der Waals surface area contributed by atoms with Crippen molar-refractivity contribution in [1.29, 1.82) is 5.26 Å². The van der Waals surface area contributed by atoms with Crippen molar-refractivity contribution in [1.82, 2.24) is 0 Å². The lowest BCUT2D eigenvalue weighted by Crippen LogP contribution is -2.17. The van der Waals surface area contributed by atoms with Gasteiger partial charge in [0.15, 0.2) is 0 Å². The monoisotopic (exact) mass is 237 g/mol. The summed E-state index contributed by atoms with van der Waals surface area (Å²) in [6.45, 7) is 0. The predicted octanol–water partition coefficient (Wildman–Crippen LogP) is 4.11. The van der Waals surface area contributed by atoms with Crippen molar-refractivity contribution in [2.24, 2.45) is 5.41 Å². The van der Waals surface area contributed by atoms with E-state index in [1.165, 1.54) is 6.07 Å². The zero-order valence-corrected chi connectivity index (χ0v) is 9.73. The number of hydrogen-bond acceptors (Lipinski definition) is 1. The normalized spacial score (nSPS) is 18.3. The second-order valence-corrected chi connectivity index (χ2v) is 4.90. The van der Waals surface area contributed by atoms with Gasteiger partial charge in [-0.15, -0.1) is 0 Å². The Kier molecular flexibility index (Phi) is 3.16. The van der Waals surface area contributed by atoms with E-state index in [1.54, 1.807) is 12.1 Å². The highest BCUT2D eigenvalue weighted by Crippen LogP contribution is 2.41. The van der Waals surface area contributed by atoms with E-state index in [4.69, 9.17) is 11.6 Å². The Morgan fingerprint density at radius 3 is 2.69 bits per heavy atom. The van der Waals surface area contributed by atoms with Gasteiger partial charge in [-0.25, -0.2) is 4.39 Å². The molecule has 1 aliphatic carbocycles. The summed E-state index contributed by atoms with van der Waals surface area (Å²) in [4.78, 5) is 0. The lowest BCUT2D eigenvalue weighted by molar-refractivity contribution is 0.399. The lowest BCUT2D eigenvalue weighted by Gasteiger charge is -2.20. The topological polar surface area (TPSA) is 23.8 Å². The van der Waals surface area contributed by atoms with Crippen LogP contribution in [0, 0.1) is 22.6 Å². The second-order valence-electron chi connectivity index (χ2n) is 4.49. The van der Waals surface area contributed by atoms with E-state index in [9.17, 15) is 9.65 Å². The molecule has 0 spiro atoms. The third kappa shape index (κ3) is 2.05. The van der Waals surface area contributed by atoms with Crippen LogP contribution in [0.1, 0.15) is 31.2 Å². The second kappa shape index (κ2) is 4.43. The molecule has 1 aliphatic rings. The molecule has 0 unspecified atom stereocenters. The Morgan fingerprint density at radius 1 is 1.38 bits per heavy atom. The van der Waals surface area contributed by atoms with Crippen LogP contribution in [0.2, 0.25) is 5.02 Å². The summed E-state index contributed by atoms with van der Waals surface area (Å²) in [5.41, 5.74) is 0.196. The van der Waals surface area contributed by atoms with Gasteiger partial charge in [0.25, 0.3) is 0 Å². The lowest BCUT2D eigenvalue weighted by atomic mass is 9.81. The Labute approximate surface area is 99.8 Å². The summed E-state index contributed by atoms with van der Waals surface area (Å²) >= 11 is 5.73. The molecule has 1 nitrogen and oxygen atoms in total. The Hall–Kier alpha value is -1.07. The fourth-order valence-electron chi connectivity index (χ4n) is 2.43. The standard InChI is InChI=1S/C13H13ClFN/c14-11-5-3-4-10(12(11)15)8-13(9-16)6-1-2-7-13/h3-5H,1-2,6-8H2. The van der Waals surface area contributed by atoms with Crippen molar-refractivity contribution in [3.05, 3.63) is 34.6 Å². The summed E-state index contributed by atoms with van der Waals surface area (Å²) in [7, 11) is 0. The van der Waals surface area contributed by atoms with Crippen LogP contribution < -0.4 is 0 Å². The van der Waals surface area contributed by atoms with E-state index in [2.05, 4.69) is 6.07 Å². The van der Waals surface area contributed by atoms with Crippen LogP contribution in [-0.2, 0) is 6.42 Å². The van der Waals surface area contributed by atoms with E-state index < -0.39 is 0 Å². The molecule has 0 aliphatic heterocycles. The maximum Gasteiger partial charge on any atom is 0.145 e. The summed E-state index contributed by atoms with van der Waals surface area (Å²) in [6.07, 6.45) is 4.35. The zero-order valence-electron chi connectivity index (χ0n) is 8.97. The van der Waals surface area contributed by atoms with Crippen LogP contribution in [0.3, 0.4) is 0 Å². The van der Waals surface area contributed by atoms with Gasteiger partial charge < -0.3 is 0 Å². The van der Waals surface area contributed by atoms with Crippen molar-refractivity contribution in [3.63, 3.8) is 0 Å². The number of nitriles is 1. The van der Waals surface area contributed by atoms with Gasteiger partial charge >= 0.3 is 0 Å². The van der Waals surface area contributed by atoms with Gasteiger partial charge in [0, 0.05) is 0 Å². The van der Waals surface area contributed by atoms with Crippen molar-refractivity contribution in [2.75, 3.05) is 0 Å². The molecule has 1 aromatic rings. The minimum atomic E-state index is -0.370. The predicted molar refractivity (Wildman–Crippen MR) is 61.6 cm³/mol. The molecule has 0 atom stereocenters. The molecule has 0 saturated heterocycles. The molecule has 2 rings (SSSR count). The number of benzene rings is 1. The molecule has 0 aromatic heterocycles. The van der Waals surface area contributed by atoms with Crippen molar-refractivity contribution in [3.8, 4) is 6.07 Å². The first kappa shape index (κ1) is 11.4. The molecule has 16 heavy (non-hydrogen) atoms. The van der Waals surface area contributed by atoms with Gasteiger partial charge in [-0.2, -0.15) is 5.26 Å². The minimum absolute atomic E-state index is 0.142. The number of nitrogens with zero attached hydrogens (tertiary/aromatic N) is 1. The van der Waals surface area contributed by atoms with Crippen molar-refractivity contribution in [2.45, 2.75) is 32.1 Å². The van der Waals surface area contributed by atoms with E-state index in [0.717, 1.165) is 25.7 Å². The highest BCUT2D eigenvalue weighted by Gasteiger charge is 2.34. The summed E-state index contributed by atoms with van der Waals surface area (Å²) < 4.78 is 13.7. The third-order valence-electron chi connectivity index (χ3n) is 3.36. The summed E-state index contributed by atoms with van der Waals surface area (Å²) in [5, 5.41) is 9.37. The molecular weight excluding hydrogens is 225 g/mol. The molecule has 3 heteroatoms. The van der Waals surface area contributed by atoms with Crippen LogP contribution in [-0.4, -0.2) is 0 Å². The Balaban J connectivity index is 2.27. The van der Waals surface area contributed by atoms with E-state index in [-0.39, 0.29) is 16.3 Å². The minimum Gasteiger partial charge on any atom is -0.205 e. The fraction of sp³-hybridized carbons (Fsp3) is 0.462. The average molecular weight is 238 g/mol. The Bertz CT molecular complexity index is 430. The molecule has 1 fully saturated rings. The van der Waals surface area contributed by atoms with E-state index in [0.29, 0.717) is 12.0 Å².